The van der Waals surface area contributed by atoms with Gasteiger partial charge in [-0.1, -0.05) is 18.2 Å². The Balaban J connectivity index is 2.53. The smallest absolute Gasteiger partial charge is 0.225 e. The average molecular weight is 283 g/mol. The van der Waals surface area contributed by atoms with Crippen molar-refractivity contribution in [3.05, 3.63) is 53.6 Å². The highest BCUT2D eigenvalue weighted by Gasteiger charge is 2.10. The Morgan fingerprint density at radius 2 is 1.60 bits per heavy atom. The summed E-state index contributed by atoms with van der Waals surface area (Å²) >= 11 is 0. The van der Waals surface area contributed by atoms with Crippen molar-refractivity contribution in [2.24, 2.45) is 5.14 Å². The Morgan fingerprint density at radius 3 is 2.10 bits per heavy atom. The predicted molar refractivity (Wildman–Crippen MR) is 72.7 cm³/mol. The van der Waals surface area contributed by atoms with Gasteiger partial charge in [-0.3, -0.25) is 0 Å². The number of hydrogen-bond acceptors (Lipinski definition) is 4. The maximum atomic E-state index is 11.2. The van der Waals surface area contributed by atoms with Gasteiger partial charge >= 0.3 is 0 Å². The summed E-state index contributed by atoms with van der Waals surface area (Å²) in [5.74, 6) is 0. The summed E-state index contributed by atoms with van der Waals surface area (Å²) in [5, 5.41) is 22.9. The van der Waals surface area contributed by atoms with Crippen LogP contribution in [0.5, 0.6) is 0 Å². The number of hydrogen-bond donors (Lipinski definition) is 1. The van der Waals surface area contributed by atoms with Crippen molar-refractivity contribution in [2.45, 2.75) is 4.90 Å². The number of sulfonamides is 1. The Hall–Kier alpha value is -2.67. The first-order valence-electron chi connectivity index (χ1n) is 5.53. The van der Waals surface area contributed by atoms with Gasteiger partial charge in [-0.05, 0) is 35.4 Å². The highest BCUT2D eigenvalue weighted by molar-refractivity contribution is 7.89. The molecule has 6 heteroatoms. The summed E-state index contributed by atoms with van der Waals surface area (Å²) in [7, 11) is -3.74. The number of nitrogens with two attached hydrogens (primary N) is 1. The van der Waals surface area contributed by atoms with E-state index in [4.69, 9.17) is 15.7 Å². The first-order valence-corrected chi connectivity index (χ1v) is 7.08. The van der Waals surface area contributed by atoms with Crippen LogP contribution in [0.3, 0.4) is 0 Å². The molecule has 0 saturated heterocycles. The third kappa shape index (κ3) is 2.67. The number of primary sulfonamides is 1. The van der Waals surface area contributed by atoms with E-state index in [9.17, 15) is 8.42 Å². The molecule has 0 aromatic heterocycles. The fraction of sp³-hybridized carbons (Fsp3) is 0. The molecular formula is C14H9N3O2S. The Morgan fingerprint density at radius 1 is 0.950 bits per heavy atom. The van der Waals surface area contributed by atoms with Gasteiger partial charge in [0.05, 0.1) is 28.2 Å². The molecule has 2 N–H and O–H groups in total. The van der Waals surface area contributed by atoms with Gasteiger partial charge in [0.1, 0.15) is 0 Å². The average Bonchev–Trinajstić information content (AvgIpc) is 2.45. The van der Waals surface area contributed by atoms with E-state index in [1.54, 1.807) is 24.3 Å². The minimum absolute atomic E-state index is 0.00778. The lowest BCUT2D eigenvalue weighted by atomic mass is 9.98. The van der Waals surface area contributed by atoms with Crippen LogP contribution in [0.15, 0.2) is 47.4 Å². The van der Waals surface area contributed by atoms with Crippen LogP contribution < -0.4 is 5.14 Å². The van der Waals surface area contributed by atoms with Gasteiger partial charge in [-0.25, -0.2) is 13.6 Å². The second kappa shape index (κ2) is 5.14. The molecule has 20 heavy (non-hydrogen) atoms. The predicted octanol–water partition coefficient (Wildman–Crippen LogP) is 1.74. The standard InChI is InChI=1S/C14H9N3O2S/c15-8-10-1-6-14(12(7-10)9-16)11-2-4-13(5-3-11)20(17,18)19/h1-7H,(H2,17,18,19). The Labute approximate surface area is 116 Å². The van der Waals surface area contributed by atoms with Crippen LogP contribution in [-0.2, 0) is 10.0 Å². The monoisotopic (exact) mass is 283 g/mol. The molecule has 0 radical (unpaired) electrons. The van der Waals surface area contributed by atoms with E-state index in [1.165, 1.54) is 18.2 Å². The van der Waals surface area contributed by atoms with Gasteiger partial charge in [0.15, 0.2) is 0 Å². The molecule has 0 aliphatic carbocycles. The molecule has 98 valence electrons. The molecule has 5 nitrogen and oxygen atoms in total. The maximum absolute atomic E-state index is 11.2. The van der Waals surface area contributed by atoms with Gasteiger partial charge in [0, 0.05) is 0 Å². The summed E-state index contributed by atoms with van der Waals surface area (Å²) in [6.07, 6.45) is 0. The SMILES string of the molecule is N#Cc1ccc(-c2ccc(S(N)(=O)=O)cc2)c(C#N)c1. The molecule has 0 atom stereocenters. The molecule has 2 rings (SSSR count). The number of benzene rings is 2. The van der Waals surface area contributed by atoms with E-state index in [0.29, 0.717) is 22.3 Å². The highest BCUT2D eigenvalue weighted by atomic mass is 32.2. The highest BCUT2D eigenvalue weighted by Crippen LogP contribution is 2.25. The normalized spacial score (nSPS) is 10.6. The lowest BCUT2D eigenvalue weighted by Crippen LogP contribution is -2.11. The fourth-order valence-electron chi connectivity index (χ4n) is 1.78. The van der Waals surface area contributed by atoms with Crippen LogP contribution in [0.2, 0.25) is 0 Å². The van der Waals surface area contributed by atoms with Crippen LogP contribution in [0, 0.1) is 22.7 Å². The van der Waals surface area contributed by atoms with E-state index >= 15 is 0 Å². The molecule has 2 aromatic rings. The van der Waals surface area contributed by atoms with E-state index in [1.807, 2.05) is 12.1 Å². The minimum Gasteiger partial charge on any atom is -0.225 e. The lowest BCUT2D eigenvalue weighted by Gasteiger charge is -2.05. The number of rotatable bonds is 2. The summed E-state index contributed by atoms with van der Waals surface area (Å²) < 4.78 is 22.4. The molecule has 0 saturated carbocycles. The molecule has 0 aliphatic rings. The van der Waals surface area contributed by atoms with Crippen molar-refractivity contribution in [3.8, 4) is 23.3 Å². The Kier molecular flexibility index (Phi) is 3.53. The lowest BCUT2D eigenvalue weighted by molar-refractivity contribution is 0.598. The molecule has 0 fully saturated rings. The van der Waals surface area contributed by atoms with Crippen LogP contribution in [-0.4, -0.2) is 8.42 Å². The van der Waals surface area contributed by atoms with Crippen molar-refractivity contribution in [2.75, 3.05) is 0 Å². The minimum atomic E-state index is -3.74. The first kappa shape index (κ1) is 13.8. The molecule has 0 unspecified atom stereocenters. The van der Waals surface area contributed by atoms with Gasteiger partial charge in [-0.2, -0.15) is 10.5 Å². The molecule has 0 bridgehead atoms. The van der Waals surface area contributed by atoms with Gasteiger partial charge < -0.3 is 0 Å². The zero-order valence-electron chi connectivity index (χ0n) is 10.2. The molecule has 0 spiro atoms. The zero-order valence-corrected chi connectivity index (χ0v) is 11.1. The second-order valence-electron chi connectivity index (χ2n) is 4.05. The number of nitrogens with zero attached hydrogens (tertiary/aromatic N) is 2. The molecule has 0 aliphatic heterocycles. The molecular weight excluding hydrogens is 274 g/mol. The summed E-state index contributed by atoms with van der Waals surface area (Å²) in [4.78, 5) is 0.00778. The molecule has 2 aromatic carbocycles. The van der Waals surface area contributed by atoms with Crippen molar-refractivity contribution in [1.82, 2.24) is 0 Å². The maximum Gasteiger partial charge on any atom is 0.238 e. The van der Waals surface area contributed by atoms with Crippen molar-refractivity contribution in [1.29, 1.82) is 10.5 Å². The number of nitriles is 2. The largest absolute Gasteiger partial charge is 0.238 e. The van der Waals surface area contributed by atoms with E-state index in [-0.39, 0.29) is 4.90 Å². The molecule has 0 amide bonds. The van der Waals surface area contributed by atoms with Gasteiger partial charge in [-0.15, -0.1) is 0 Å². The van der Waals surface area contributed by atoms with Crippen molar-refractivity contribution >= 4 is 10.0 Å². The second-order valence-corrected chi connectivity index (χ2v) is 5.61. The molecule has 0 heterocycles. The van der Waals surface area contributed by atoms with Crippen LogP contribution in [0.4, 0.5) is 0 Å². The fourth-order valence-corrected chi connectivity index (χ4v) is 2.30. The van der Waals surface area contributed by atoms with Gasteiger partial charge in [0.25, 0.3) is 0 Å². The zero-order chi connectivity index (χ0) is 14.8. The van der Waals surface area contributed by atoms with Gasteiger partial charge in [0.2, 0.25) is 10.0 Å². The Bertz CT molecular complexity index is 841. The van der Waals surface area contributed by atoms with E-state index < -0.39 is 10.0 Å². The van der Waals surface area contributed by atoms with Crippen LogP contribution in [0.25, 0.3) is 11.1 Å². The van der Waals surface area contributed by atoms with Crippen LogP contribution in [0.1, 0.15) is 11.1 Å². The third-order valence-electron chi connectivity index (χ3n) is 2.76. The third-order valence-corrected chi connectivity index (χ3v) is 3.69. The van der Waals surface area contributed by atoms with E-state index in [2.05, 4.69) is 0 Å². The van der Waals surface area contributed by atoms with E-state index in [0.717, 1.165) is 0 Å². The van der Waals surface area contributed by atoms with Crippen molar-refractivity contribution < 1.29 is 8.42 Å². The summed E-state index contributed by atoms with van der Waals surface area (Å²) in [5.41, 5.74) is 2.06. The van der Waals surface area contributed by atoms with Crippen LogP contribution >= 0.6 is 0 Å². The first-order chi connectivity index (χ1) is 9.45. The van der Waals surface area contributed by atoms with Crippen molar-refractivity contribution in [3.63, 3.8) is 0 Å². The summed E-state index contributed by atoms with van der Waals surface area (Å²) in [6.45, 7) is 0. The summed E-state index contributed by atoms with van der Waals surface area (Å²) in [6, 6.07) is 14.6. The topological polar surface area (TPSA) is 108 Å². The quantitative estimate of drug-likeness (QED) is 0.905.